The van der Waals surface area contributed by atoms with Crippen molar-refractivity contribution < 1.29 is 9.53 Å². The lowest BCUT2D eigenvalue weighted by molar-refractivity contribution is 0.0951. The fourth-order valence-corrected chi connectivity index (χ4v) is 3.46. The number of aromatic nitrogens is 2. The molecule has 0 aliphatic heterocycles. The van der Waals surface area contributed by atoms with E-state index in [1.165, 1.54) is 18.9 Å². The van der Waals surface area contributed by atoms with Crippen LogP contribution in [0, 0.1) is 6.92 Å². The second-order valence-corrected chi connectivity index (χ2v) is 7.17. The van der Waals surface area contributed by atoms with Crippen molar-refractivity contribution in [2.45, 2.75) is 46.2 Å². The number of aryl methyl sites for hydroxylation is 1. The number of methoxy groups -OCH3 is 1. The Hall–Kier alpha value is -3.15. The van der Waals surface area contributed by atoms with Gasteiger partial charge in [0.2, 0.25) is 5.88 Å². The summed E-state index contributed by atoms with van der Waals surface area (Å²) < 4.78 is 6.86. The van der Waals surface area contributed by atoms with Crippen LogP contribution in [0.15, 0.2) is 47.5 Å². The van der Waals surface area contributed by atoms with E-state index in [4.69, 9.17) is 4.74 Å². The van der Waals surface area contributed by atoms with Crippen molar-refractivity contribution in [2.24, 2.45) is 0 Å². The molecular formula is C23H27N3O3. The zero-order chi connectivity index (χ0) is 21.0. The Kier molecular flexibility index (Phi) is 6.32. The van der Waals surface area contributed by atoms with E-state index in [2.05, 4.69) is 10.3 Å². The predicted molar refractivity (Wildman–Crippen MR) is 115 cm³/mol. The van der Waals surface area contributed by atoms with Gasteiger partial charge in [0.1, 0.15) is 0 Å². The molecule has 0 fully saturated rings. The average Bonchev–Trinajstić information content (AvgIpc) is 2.75. The molecule has 3 aromatic rings. The second-order valence-electron chi connectivity index (χ2n) is 7.17. The van der Waals surface area contributed by atoms with Crippen molar-refractivity contribution in [3.63, 3.8) is 0 Å². The highest BCUT2D eigenvalue weighted by Crippen LogP contribution is 2.22. The number of amides is 1. The van der Waals surface area contributed by atoms with Crippen LogP contribution in [-0.4, -0.2) is 22.6 Å². The molecule has 0 atom stereocenters. The van der Waals surface area contributed by atoms with Gasteiger partial charge in [-0.25, -0.2) is 4.98 Å². The van der Waals surface area contributed by atoms with E-state index < -0.39 is 0 Å². The molecule has 3 rings (SSSR count). The third-order valence-electron chi connectivity index (χ3n) is 5.27. The van der Waals surface area contributed by atoms with Crippen LogP contribution in [0.5, 0.6) is 5.88 Å². The number of benzene rings is 1. The summed E-state index contributed by atoms with van der Waals surface area (Å²) >= 11 is 0. The minimum absolute atomic E-state index is 0.0229. The van der Waals surface area contributed by atoms with Gasteiger partial charge in [-0.3, -0.25) is 9.59 Å². The summed E-state index contributed by atoms with van der Waals surface area (Å²) in [5.41, 5.74) is 2.49. The number of hydrogen-bond donors (Lipinski definition) is 1. The molecule has 6 heteroatoms. The molecule has 0 unspecified atom stereocenters. The van der Waals surface area contributed by atoms with E-state index in [0.29, 0.717) is 28.8 Å². The minimum atomic E-state index is -0.234. The van der Waals surface area contributed by atoms with E-state index in [9.17, 15) is 9.59 Å². The van der Waals surface area contributed by atoms with E-state index in [-0.39, 0.29) is 17.5 Å². The fraction of sp³-hybridized carbons (Fsp3) is 0.348. The van der Waals surface area contributed by atoms with Gasteiger partial charge in [-0.2, -0.15) is 0 Å². The number of carbonyl (C=O) groups excluding carboxylic acids is 1. The van der Waals surface area contributed by atoms with Crippen LogP contribution in [-0.2, 0) is 6.54 Å². The van der Waals surface area contributed by atoms with Crippen LogP contribution >= 0.6 is 0 Å². The van der Waals surface area contributed by atoms with Gasteiger partial charge in [0, 0.05) is 36.4 Å². The maximum absolute atomic E-state index is 13.1. The van der Waals surface area contributed by atoms with E-state index in [1.54, 1.807) is 16.8 Å². The first-order valence-electron chi connectivity index (χ1n) is 9.91. The highest BCUT2D eigenvalue weighted by Gasteiger charge is 2.19. The Balaban J connectivity index is 2.04. The highest BCUT2D eigenvalue weighted by atomic mass is 16.5. The number of rotatable bonds is 7. The maximum atomic E-state index is 13.1. The standard InChI is InChI=1S/C23H27N3O3/c1-5-17(6-2)26-14-20(19-13-24-21(29-4)11-18(19)23(26)28)22(27)25-12-16-9-7-15(3)8-10-16/h7-11,13-14,17H,5-6,12H2,1-4H3,(H,25,27). The zero-order valence-corrected chi connectivity index (χ0v) is 17.4. The summed E-state index contributed by atoms with van der Waals surface area (Å²) in [6.45, 7) is 6.51. The van der Waals surface area contributed by atoms with Crippen LogP contribution in [0.25, 0.3) is 10.8 Å². The summed E-state index contributed by atoms with van der Waals surface area (Å²) in [4.78, 5) is 30.3. The molecular weight excluding hydrogens is 366 g/mol. The number of nitrogens with zero attached hydrogens (tertiary/aromatic N) is 2. The van der Waals surface area contributed by atoms with Crippen LogP contribution in [0.4, 0.5) is 0 Å². The Morgan fingerprint density at radius 1 is 1.17 bits per heavy atom. The Labute approximate surface area is 170 Å². The van der Waals surface area contributed by atoms with E-state index in [1.807, 2.05) is 45.0 Å². The van der Waals surface area contributed by atoms with Gasteiger partial charge in [0.25, 0.3) is 11.5 Å². The van der Waals surface area contributed by atoms with Crippen molar-refractivity contribution in [2.75, 3.05) is 7.11 Å². The van der Waals surface area contributed by atoms with Crippen molar-refractivity contribution in [1.82, 2.24) is 14.9 Å². The number of ether oxygens (including phenoxy) is 1. The van der Waals surface area contributed by atoms with Crippen LogP contribution < -0.4 is 15.6 Å². The van der Waals surface area contributed by atoms with Crippen LogP contribution in [0.3, 0.4) is 0 Å². The van der Waals surface area contributed by atoms with Gasteiger partial charge in [-0.1, -0.05) is 43.7 Å². The van der Waals surface area contributed by atoms with Crippen molar-refractivity contribution >= 4 is 16.7 Å². The molecule has 0 aliphatic rings. The average molecular weight is 393 g/mol. The van der Waals surface area contributed by atoms with Gasteiger partial charge in [0.15, 0.2) is 0 Å². The second kappa shape index (κ2) is 8.90. The molecule has 0 aliphatic carbocycles. The predicted octanol–water partition coefficient (Wildman–Crippen LogP) is 4.00. The lowest BCUT2D eigenvalue weighted by Crippen LogP contribution is -2.29. The molecule has 0 bridgehead atoms. The lowest BCUT2D eigenvalue weighted by Gasteiger charge is -2.19. The van der Waals surface area contributed by atoms with E-state index in [0.717, 1.165) is 18.4 Å². The molecule has 6 nitrogen and oxygen atoms in total. The molecule has 1 N–H and O–H groups in total. The Bertz CT molecular complexity index is 1070. The first-order valence-corrected chi connectivity index (χ1v) is 9.91. The summed E-state index contributed by atoms with van der Waals surface area (Å²) in [6, 6.07) is 9.64. The van der Waals surface area contributed by atoms with E-state index >= 15 is 0 Å². The molecule has 0 spiro atoms. The maximum Gasteiger partial charge on any atom is 0.258 e. The Morgan fingerprint density at radius 3 is 2.48 bits per heavy atom. The first-order chi connectivity index (χ1) is 14.0. The summed E-state index contributed by atoms with van der Waals surface area (Å²) in [5, 5.41) is 3.93. The number of hydrogen-bond acceptors (Lipinski definition) is 4. The largest absolute Gasteiger partial charge is 0.481 e. The summed E-state index contributed by atoms with van der Waals surface area (Å²) in [6.07, 6.45) is 4.80. The number of fused-ring (bicyclic) bond motifs is 1. The molecule has 152 valence electrons. The van der Waals surface area contributed by atoms with Crippen LogP contribution in [0.1, 0.15) is 54.2 Å². The molecule has 29 heavy (non-hydrogen) atoms. The molecule has 1 aromatic carbocycles. The van der Waals surface area contributed by atoms with Gasteiger partial charge in [0.05, 0.1) is 18.1 Å². The van der Waals surface area contributed by atoms with Crippen LogP contribution in [0.2, 0.25) is 0 Å². The Morgan fingerprint density at radius 2 is 1.86 bits per heavy atom. The fourth-order valence-electron chi connectivity index (χ4n) is 3.46. The topological polar surface area (TPSA) is 73.2 Å². The minimum Gasteiger partial charge on any atom is -0.481 e. The zero-order valence-electron chi connectivity index (χ0n) is 17.4. The molecule has 0 saturated carbocycles. The lowest BCUT2D eigenvalue weighted by atomic mass is 10.1. The number of nitrogens with one attached hydrogen (secondary N) is 1. The first kappa shape index (κ1) is 20.6. The number of carbonyl (C=O) groups is 1. The summed E-state index contributed by atoms with van der Waals surface area (Å²) in [5.74, 6) is 0.116. The van der Waals surface area contributed by atoms with Gasteiger partial charge < -0.3 is 14.6 Å². The third kappa shape index (κ3) is 4.31. The third-order valence-corrected chi connectivity index (χ3v) is 5.27. The monoisotopic (exact) mass is 393 g/mol. The highest BCUT2D eigenvalue weighted by molar-refractivity contribution is 6.06. The molecule has 2 aromatic heterocycles. The van der Waals surface area contributed by atoms with Crippen molar-refractivity contribution in [3.8, 4) is 5.88 Å². The smallest absolute Gasteiger partial charge is 0.258 e. The molecule has 0 saturated heterocycles. The quantitative estimate of drug-likeness (QED) is 0.658. The molecule has 1 amide bonds. The number of pyridine rings is 2. The van der Waals surface area contributed by atoms with Crippen molar-refractivity contribution in [3.05, 3.63) is 69.8 Å². The van der Waals surface area contributed by atoms with Gasteiger partial charge in [-0.15, -0.1) is 0 Å². The normalized spacial score (nSPS) is 11.1. The van der Waals surface area contributed by atoms with Crippen molar-refractivity contribution in [1.29, 1.82) is 0 Å². The SMILES string of the molecule is CCC(CC)n1cc(C(=O)NCc2ccc(C)cc2)c2cnc(OC)cc2c1=O. The molecule has 2 heterocycles. The van der Waals surface area contributed by atoms with Gasteiger partial charge in [-0.05, 0) is 25.3 Å². The molecule has 0 radical (unpaired) electrons. The van der Waals surface area contributed by atoms with Gasteiger partial charge >= 0.3 is 0 Å². The summed E-state index contributed by atoms with van der Waals surface area (Å²) in [7, 11) is 1.51.